The predicted octanol–water partition coefficient (Wildman–Crippen LogP) is 3.25. The number of hydrogen-bond donors (Lipinski definition) is 2. The highest BCUT2D eigenvalue weighted by Crippen LogP contribution is 2.31. The summed E-state index contributed by atoms with van der Waals surface area (Å²) in [6.45, 7) is 1.31. The number of piperidine rings is 1. The zero-order valence-corrected chi connectivity index (χ0v) is 13.0. The molecule has 0 radical (unpaired) electrons. The second-order valence-electron chi connectivity index (χ2n) is 5.72. The molecule has 1 amide bonds. The molecule has 1 aliphatic rings. The van der Waals surface area contributed by atoms with Gasteiger partial charge in [0.05, 0.1) is 11.1 Å². The fraction of sp³-hybridized carbons (Fsp3) is 0.353. The minimum absolute atomic E-state index is 0.0282. The Hall–Kier alpha value is -1.78. The van der Waals surface area contributed by atoms with E-state index in [4.69, 9.17) is 11.6 Å². The third-order valence-electron chi connectivity index (χ3n) is 4.29. The van der Waals surface area contributed by atoms with Crippen LogP contribution in [0.2, 0.25) is 5.02 Å². The number of H-pyrrole nitrogens is 1. The SMILES string of the molecule is O=C(c1cc(Cl)c[nH]1)N1CCC(C(O)c2ccccc2)CC1. The van der Waals surface area contributed by atoms with Crippen LogP contribution in [0, 0.1) is 5.92 Å². The van der Waals surface area contributed by atoms with Crippen molar-refractivity contribution >= 4 is 17.5 Å². The first-order valence-electron chi connectivity index (χ1n) is 7.51. The Labute approximate surface area is 134 Å². The van der Waals surface area contributed by atoms with Gasteiger partial charge in [-0.15, -0.1) is 0 Å². The summed E-state index contributed by atoms with van der Waals surface area (Å²) in [5.41, 5.74) is 1.47. The lowest BCUT2D eigenvalue weighted by molar-refractivity contribution is 0.0459. The molecule has 116 valence electrons. The molecule has 1 unspecified atom stereocenters. The highest BCUT2D eigenvalue weighted by Gasteiger charge is 2.29. The molecule has 1 aromatic carbocycles. The van der Waals surface area contributed by atoms with Gasteiger partial charge in [-0.2, -0.15) is 0 Å². The minimum atomic E-state index is -0.460. The van der Waals surface area contributed by atoms with Crippen LogP contribution in [0.3, 0.4) is 0 Å². The maximum absolute atomic E-state index is 12.3. The molecule has 1 aromatic heterocycles. The lowest BCUT2D eigenvalue weighted by Gasteiger charge is -2.34. The molecule has 0 saturated carbocycles. The van der Waals surface area contributed by atoms with Crippen molar-refractivity contribution in [2.45, 2.75) is 18.9 Å². The number of benzene rings is 1. The van der Waals surface area contributed by atoms with E-state index in [9.17, 15) is 9.90 Å². The number of aromatic amines is 1. The first-order valence-corrected chi connectivity index (χ1v) is 7.89. The highest BCUT2D eigenvalue weighted by atomic mass is 35.5. The van der Waals surface area contributed by atoms with Crippen molar-refractivity contribution in [1.82, 2.24) is 9.88 Å². The van der Waals surface area contributed by atoms with Crippen molar-refractivity contribution < 1.29 is 9.90 Å². The van der Waals surface area contributed by atoms with Crippen molar-refractivity contribution in [2.24, 2.45) is 5.92 Å². The topological polar surface area (TPSA) is 56.3 Å². The van der Waals surface area contributed by atoms with Gasteiger partial charge in [-0.25, -0.2) is 0 Å². The zero-order chi connectivity index (χ0) is 15.5. The molecule has 1 saturated heterocycles. The van der Waals surface area contributed by atoms with Crippen molar-refractivity contribution in [3.8, 4) is 0 Å². The molecule has 22 heavy (non-hydrogen) atoms. The van der Waals surface area contributed by atoms with E-state index >= 15 is 0 Å². The highest BCUT2D eigenvalue weighted by molar-refractivity contribution is 6.30. The summed E-state index contributed by atoms with van der Waals surface area (Å²) in [6, 6.07) is 11.4. The van der Waals surface area contributed by atoms with Crippen LogP contribution in [-0.2, 0) is 0 Å². The molecule has 5 heteroatoms. The fourth-order valence-electron chi connectivity index (χ4n) is 3.00. The smallest absolute Gasteiger partial charge is 0.270 e. The van der Waals surface area contributed by atoms with Gasteiger partial charge in [-0.05, 0) is 30.4 Å². The minimum Gasteiger partial charge on any atom is -0.388 e. The number of nitrogens with zero attached hydrogens (tertiary/aromatic N) is 1. The number of rotatable bonds is 3. The number of nitrogens with one attached hydrogen (secondary N) is 1. The molecular weight excluding hydrogens is 300 g/mol. The number of aromatic nitrogens is 1. The summed E-state index contributed by atoms with van der Waals surface area (Å²) in [4.78, 5) is 17.0. The quantitative estimate of drug-likeness (QED) is 0.912. The Morgan fingerprint density at radius 3 is 2.55 bits per heavy atom. The van der Waals surface area contributed by atoms with Gasteiger partial charge in [-0.1, -0.05) is 41.9 Å². The third-order valence-corrected chi connectivity index (χ3v) is 4.51. The summed E-state index contributed by atoms with van der Waals surface area (Å²) >= 11 is 5.84. The Bertz CT molecular complexity index is 633. The van der Waals surface area contributed by atoms with E-state index in [1.165, 1.54) is 0 Å². The molecular formula is C17H19ClN2O2. The summed E-state index contributed by atoms with van der Waals surface area (Å²) in [5, 5.41) is 11.0. The van der Waals surface area contributed by atoms with E-state index in [1.807, 2.05) is 35.2 Å². The average molecular weight is 319 g/mol. The van der Waals surface area contributed by atoms with Crippen LogP contribution < -0.4 is 0 Å². The summed E-state index contributed by atoms with van der Waals surface area (Å²) in [6.07, 6.45) is 2.76. The van der Waals surface area contributed by atoms with Gasteiger partial charge in [0.25, 0.3) is 5.91 Å². The van der Waals surface area contributed by atoms with E-state index in [-0.39, 0.29) is 11.8 Å². The monoisotopic (exact) mass is 318 g/mol. The molecule has 4 nitrogen and oxygen atoms in total. The van der Waals surface area contributed by atoms with Gasteiger partial charge in [0, 0.05) is 19.3 Å². The second kappa shape index (κ2) is 6.55. The maximum atomic E-state index is 12.3. The van der Waals surface area contributed by atoms with Gasteiger partial charge < -0.3 is 15.0 Å². The molecule has 0 aliphatic carbocycles. The number of aliphatic hydroxyl groups excluding tert-OH is 1. The van der Waals surface area contributed by atoms with Crippen LogP contribution >= 0.6 is 11.6 Å². The van der Waals surface area contributed by atoms with Gasteiger partial charge >= 0.3 is 0 Å². The fourth-order valence-corrected chi connectivity index (χ4v) is 3.17. The number of carbonyl (C=O) groups is 1. The number of hydrogen-bond acceptors (Lipinski definition) is 2. The zero-order valence-electron chi connectivity index (χ0n) is 12.2. The van der Waals surface area contributed by atoms with Crippen molar-refractivity contribution in [2.75, 3.05) is 13.1 Å². The standard InChI is InChI=1S/C17H19ClN2O2/c18-14-10-15(19-11-14)17(22)20-8-6-13(7-9-20)16(21)12-4-2-1-3-5-12/h1-5,10-11,13,16,19,21H,6-9H2. The molecule has 2 N–H and O–H groups in total. The number of likely N-dealkylation sites (tertiary alicyclic amines) is 1. The molecule has 2 aromatic rings. The van der Waals surface area contributed by atoms with Crippen LogP contribution in [0.4, 0.5) is 0 Å². The van der Waals surface area contributed by atoms with E-state index in [1.54, 1.807) is 12.3 Å². The molecule has 0 spiro atoms. The molecule has 1 atom stereocenters. The van der Waals surface area contributed by atoms with Crippen LogP contribution in [0.15, 0.2) is 42.6 Å². The van der Waals surface area contributed by atoms with Crippen molar-refractivity contribution in [3.63, 3.8) is 0 Å². The lowest BCUT2D eigenvalue weighted by atomic mass is 9.87. The van der Waals surface area contributed by atoms with E-state index in [0.29, 0.717) is 23.8 Å². The molecule has 1 aliphatic heterocycles. The Morgan fingerprint density at radius 1 is 1.27 bits per heavy atom. The number of amides is 1. The van der Waals surface area contributed by atoms with Gasteiger partial charge in [-0.3, -0.25) is 4.79 Å². The number of carbonyl (C=O) groups excluding carboxylic acids is 1. The number of aliphatic hydroxyl groups is 1. The largest absolute Gasteiger partial charge is 0.388 e. The first-order chi connectivity index (χ1) is 10.6. The summed E-state index contributed by atoms with van der Waals surface area (Å²) in [7, 11) is 0. The van der Waals surface area contributed by atoms with E-state index < -0.39 is 6.10 Å². The first kappa shape index (κ1) is 15.1. The summed E-state index contributed by atoms with van der Waals surface area (Å²) < 4.78 is 0. The predicted molar refractivity (Wildman–Crippen MR) is 85.8 cm³/mol. The lowest BCUT2D eigenvalue weighted by Crippen LogP contribution is -2.39. The Morgan fingerprint density at radius 2 is 1.95 bits per heavy atom. The molecule has 0 bridgehead atoms. The number of halogens is 1. The van der Waals surface area contributed by atoms with Crippen molar-refractivity contribution in [1.29, 1.82) is 0 Å². The van der Waals surface area contributed by atoms with Crippen LogP contribution in [-0.4, -0.2) is 34.0 Å². The second-order valence-corrected chi connectivity index (χ2v) is 6.15. The molecule has 2 heterocycles. The van der Waals surface area contributed by atoms with Gasteiger partial charge in [0.15, 0.2) is 0 Å². The van der Waals surface area contributed by atoms with E-state index in [2.05, 4.69) is 4.98 Å². The average Bonchev–Trinajstić information content (AvgIpc) is 3.01. The normalized spacial score (nSPS) is 17.5. The summed E-state index contributed by atoms with van der Waals surface area (Å²) in [5.74, 6) is 0.165. The Balaban J connectivity index is 1.59. The van der Waals surface area contributed by atoms with Crippen LogP contribution in [0.5, 0.6) is 0 Å². The van der Waals surface area contributed by atoms with Crippen LogP contribution in [0.25, 0.3) is 0 Å². The van der Waals surface area contributed by atoms with Gasteiger partial charge in [0.1, 0.15) is 5.69 Å². The van der Waals surface area contributed by atoms with Crippen molar-refractivity contribution in [3.05, 3.63) is 58.9 Å². The molecule has 1 fully saturated rings. The van der Waals surface area contributed by atoms with Gasteiger partial charge in [0.2, 0.25) is 0 Å². The Kier molecular flexibility index (Phi) is 4.50. The van der Waals surface area contributed by atoms with E-state index in [0.717, 1.165) is 18.4 Å². The molecule has 3 rings (SSSR count). The third kappa shape index (κ3) is 3.18. The maximum Gasteiger partial charge on any atom is 0.270 e. The van der Waals surface area contributed by atoms with Crippen LogP contribution in [0.1, 0.15) is 35.0 Å².